The highest BCUT2D eigenvalue weighted by Gasteiger charge is 2.16. The second-order valence-electron chi connectivity index (χ2n) is 7.15. The molecule has 4 aromatic rings. The van der Waals surface area contributed by atoms with Crippen LogP contribution in [0.3, 0.4) is 0 Å². The molecule has 0 bridgehead atoms. The molecule has 1 N–H and O–H groups in total. The highest BCUT2D eigenvalue weighted by Crippen LogP contribution is 2.28. The van der Waals surface area contributed by atoms with E-state index >= 15 is 0 Å². The van der Waals surface area contributed by atoms with E-state index in [9.17, 15) is 10.1 Å². The minimum absolute atomic E-state index is 0.222. The van der Waals surface area contributed by atoms with Crippen LogP contribution in [0.4, 0.5) is 5.69 Å². The standard InChI is InChI=1S/C25H22N4O3/c1-3-31-23-11-10-18(14-26)13-21(23)28-25(30)20-8-4-5-9-22(20)32-16-19-15-29-12-6-7-17(2)24(29)27-19/h4-13,15H,3,16H2,1-2H3,(H,28,30). The lowest BCUT2D eigenvalue weighted by molar-refractivity contribution is 0.102. The van der Waals surface area contributed by atoms with E-state index in [0.717, 1.165) is 16.9 Å². The molecule has 0 aliphatic carbocycles. The lowest BCUT2D eigenvalue weighted by atomic mass is 10.1. The summed E-state index contributed by atoms with van der Waals surface area (Å²) in [7, 11) is 0. The van der Waals surface area contributed by atoms with Gasteiger partial charge in [0, 0.05) is 12.4 Å². The van der Waals surface area contributed by atoms with Crippen molar-refractivity contribution in [1.29, 1.82) is 5.26 Å². The van der Waals surface area contributed by atoms with Gasteiger partial charge in [-0.05, 0) is 55.8 Å². The van der Waals surface area contributed by atoms with Crippen molar-refractivity contribution in [3.63, 3.8) is 0 Å². The number of para-hydroxylation sites is 1. The van der Waals surface area contributed by atoms with E-state index < -0.39 is 0 Å². The van der Waals surface area contributed by atoms with Gasteiger partial charge in [-0.1, -0.05) is 18.2 Å². The number of rotatable bonds is 7. The zero-order chi connectivity index (χ0) is 22.5. The molecule has 0 saturated heterocycles. The van der Waals surface area contributed by atoms with Crippen LogP contribution in [-0.4, -0.2) is 21.9 Å². The van der Waals surface area contributed by atoms with E-state index in [-0.39, 0.29) is 12.5 Å². The summed E-state index contributed by atoms with van der Waals surface area (Å²) in [5.74, 6) is 0.578. The number of benzene rings is 2. The van der Waals surface area contributed by atoms with Crippen LogP contribution in [0.5, 0.6) is 11.5 Å². The van der Waals surface area contributed by atoms with Gasteiger partial charge in [0.05, 0.1) is 35.2 Å². The van der Waals surface area contributed by atoms with Crippen LogP contribution in [0.1, 0.15) is 34.1 Å². The van der Waals surface area contributed by atoms with Gasteiger partial charge < -0.3 is 19.2 Å². The average molecular weight is 426 g/mol. The van der Waals surface area contributed by atoms with Gasteiger partial charge in [0.25, 0.3) is 5.91 Å². The van der Waals surface area contributed by atoms with Crippen molar-refractivity contribution >= 4 is 17.2 Å². The number of nitrogens with zero attached hydrogens (tertiary/aromatic N) is 3. The fraction of sp³-hybridized carbons (Fsp3) is 0.160. The van der Waals surface area contributed by atoms with E-state index in [1.807, 2.05) is 48.8 Å². The van der Waals surface area contributed by atoms with Gasteiger partial charge >= 0.3 is 0 Å². The third-order valence-electron chi connectivity index (χ3n) is 4.89. The highest BCUT2D eigenvalue weighted by molar-refractivity contribution is 6.07. The van der Waals surface area contributed by atoms with Gasteiger partial charge in [0.2, 0.25) is 0 Å². The summed E-state index contributed by atoms with van der Waals surface area (Å²) in [5, 5.41) is 12.0. The quantitative estimate of drug-likeness (QED) is 0.461. The molecular weight excluding hydrogens is 404 g/mol. The minimum atomic E-state index is -0.359. The fourth-order valence-electron chi connectivity index (χ4n) is 3.37. The molecule has 0 aliphatic rings. The van der Waals surface area contributed by atoms with E-state index in [0.29, 0.717) is 34.9 Å². The molecule has 2 aromatic heterocycles. The summed E-state index contributed by atoms with van der Waals surface area (Å²) in [6.07, 6.45) is 3.85. The predicted octanol–water partition coefficient (Wildman–Crippen LogP) is 4.74. The third kappa shape index (κ3) is 4.40. The number of fused-ring (bicyclic) bond motifs is 1. The van der Waals surface area contributed by atoms with E-state index in [4.69, 9.17) is 9.47 Å². The van der Waals surface area contributed by atoms with E-state index in [1.54, 1.807) is 36.4 Å². The molecule has 7 nitrogen and oxygen atoms in total. The Kier molecular flexibility index (Phi) is 6.04. The molecule has 0 fully saturated rings. The van der Waals surface area contributed by atoms with Crippen molar-refractivity contribution in [3.05, 3.63) is 89.4 Å². The van der Waals surface area contributed by atoms with Gasteiger partial charge in [-0.15, -0.1) is 0 Å². The number of aromatic nitrogens is 2. The molecule has 2 aromatic carbocycles. The summed E-state index contributed by atoms with van der Waals surface area (Å²) < 4.78 is 13.5. The molecule has 0 spiro atoms. The smallest absolute Gasteiger partial charge is 0.259 e. The zero-order valence-electron chi connectivity index (χ0n) is 17.8. The van der Waals surface area contributed by atoms with E-state index in [1.165, 1.54) is 0 Å². The number of pyridine rings is 1. The molecule has 7 heteroatoms. The Morgan fingerprint density at radius 2 is 1.97 bits per heavy atom. The van der Waals surface area contributed by atoms with Gasteiger partial charge in [0.15, 0.2) is 0 Å². The van der Waals surface area contributed by atoms with E-state index in [2.05, 4.69) is 16.4 Å². The predicted molar refractivity (Wildman–Crippen MR) is 121 cm³/mol. The van der Waals surface area contributed by atoms with Gasteiger partial charge in [-0.3, -0.25) is 4.79 Å². The first kappa shape index (κ1) is 20.9. The van der Waals surface area contributed by atoms with Crippen LogP contribution >= 0.6 is 0 Å². The first-order valence-corrected chi connectivity index (χ1v) is 10.2. The van der Waals surface area contributed by atoms with Crippen molar-refractivity contribution < 1.29 is 14.3 Å². The van der Waals surface area contributed by atoms with Crippen molar-refractivity contribution in [1.82, 2.24) is 9.38 Å². The second-order valence-corrected chi connectivity index (χ2v) is 7.15. The number of carbonyl (C=O) groups is 1. The Balaban J connectivity index is 1.55. The molecule has 0 radical (unpaired) electrons. The maximum atomic E-state index is 13.0. The highest BCUT2D eigenvalue weighted by atomic mass is 16.5. The van der Waals surface area contributed by atoms with Crippen molar-refractivity contribution in [2.75, 3.05) is 11.9 Å². The van der Waals surface area contributed by atoms with Crippen LogP contribution in [0.15, 0.2) is 67.0 Å². The number of hydrogen-bond acceptors (Lipinski definition) is 5. The Bertz CT molecular complexity index is 1320. The maximum absolute atomic E-state index is 13.0. The molecule has 4 rings (SSSR count). The SMILES string of the molecule is CCOc1ccc(C#N)cc1NC(=O)c1ccccc1OCc1cn2cccc(C)c2n1. The Hall–Kier alpha value is -4.31. The molecule has 1 amide bonds. The first-order chi connectivity index (χ1) is 15.6. The number of carbonyl (C=O) groups excluding carboxylic acids is 1. The summed E-state index contributed by atoms with van der Waals surface area (Å²) >= 11 is 0. The number of anilines is 1. The molecular formula is C25H22N4O3. The Morgan fingerprint density at radius 1 is 1.12 bits per heavy atom. The molecule has 0 aliphatic heterocycles. The summed E-state index contributed by atoms with van der Waals surface area (Å²) in [4.78, 5) is 17.6. The molecule has 0 unspecified atom stereocenters. The zero-order valence-corrected chi connectivity index (χ0v) is 17.8. The second kappa shape index (κ2) is 9.23. The minimum Gasteiger partial charge on any atom is -0.492 e. The summed E-state index contributed by atoms with van der Waals surface area (Å²) in [6.45, 7) is 4.52. The van der Waals surface area contributed by atoms with Crippen molar-refractivity contribution in [2.45, 2.75) is 20.5 Å². The number of imidazole rings is 1. The number of aryl methyl sites for hydroxylation is 1. The number of ether oxygens (including phenoxy) is 2. The molecule has 2 heterocycles. The van der Waals surface area contributed by atoms with Crippen molar-refractivity contribution in [3.8, 4) is 17.6 Å². The van der Waals surface area contributed by atoms with Gasteiger partial charge in [-0.25, -0.2) is 4.98 Å². The topological polar surface area (TPSA) is 88.6 Å². The number of nitrogens with one attached hydrogen (secondary N) is 1. The Labute approximate surface area is 185 Å². The van der Waals surface area contributed by atoms with Crippen LogP contribution in [0, 0.1) is 18.3 Å². The average Bonchev–Trinajstić information content (AvgIpc) is 3.24. The number of amides is 1. The van der Waals surface area contributed by atoms with Crippen molar-refractivity contribution in [2.24, 2.45) is 0 Å². The van der Waals surface area contributed by atoms with Crippen LogP contribution in [-0.2, 0) is 6.61 Å². The molecule has 0 saturated carbocycles. The van der Waals surface area contributed by atoms with Crippen LogP contribution in [0.25, 0.3) is 5.65 Å². The van der Waals surface area contributed by atoms with Crippen LogP contribution < -0.4 is 14.8 Å². The van der Waals surface area contributed by atoms with Gasteiger partial charge in [-0.2, -0.15) is 5.26 Å². The molecule has 0 atom stereocenters. The molecule has 160 valence electrons. The fourth-order valence-corrected chi connectivity index (χ4v) is 3.37. The summed E-state index contributed by atoms with van der Waals surface area (Å²) in [6, 6.07) is 18.0. The normalized spacial score (nSPS) is 10.5. The monoisotopic (exact) mass is 426 g/mol. The number of nitriles is 1. The maximum Gasteiger partial charge on any atom is 0.259 e. The molecule has 32 heavy (non-hydrogen) atoms. The van der Waals surface area contributed by atoms with Gasteiger partial charge in [0.1, 0.15) is 23.8 Å². The third-order valence-corrected chi connectivity index (χ3v) is 4.89. The largest absolute Gasteiger partial charge is 0.492 e. The lowest BCUT2D eigenvalue weighted by Crippen LogP contribution is -2.14. The Morgan fingerprint density at radius 3 is 2.75 bits per heavy atom. The lowest BCUT2D eigenvalue weighted by Gasteiger charge is -2.14. The van der Waals surface area contributed by atoms with Crippen LogP contribution in [0.2, 0.25) is 0 Å². The number of hydrogen-bond donors (Lipinski definition) is 1. The summed E-state index contributed by atoms with van der Waals surface area (Å²) in [5.41, 5.74) is 3.94. The first-order valence-electron chi connectivity index (χ1n) is 10.2.